The lowest BCUT2D eigenvalue weighted by Crippen LogP contribution is -2.42. The number of alkyl halides is 3. The number of hydrogen-bond acceptors (Lipinski definition) is 3. The minimum Gasteiger partial charge on any atom is -0.325 e. The molecule has 1 amide bonds. The maximum absolute atomic E-state index is 13.0. The van der Waals surface area contributed by atoms with Crippen LogP contribution in [0, 0.1) is 12.3 Å². The van der Waals surface area contributed by atoms with Crippen LogP contribution in [0.2, 0.25) is 0 Å². The lowest BCUT2D eigenvalue weighted by atomic mass is 10.2. The van der Waals surface area contributed by atoms with Crippen LogP contribution in [-0.2, 0) is 21.0 Å². The highest BCUT2D eigenvalue weighted by Crippen LogP contribution is 2.33. The number of sulfonamides is 1. The second kappa shape index (κ2) is 7.82. The van der Waals surface area contributed by atoms with E-state index in [2.05, 4.69) is 11.2 Å². The Balaban J connectivity index is 2.20. The van der Waals surface area contributed by atoms with E-state index in [9.17, 15) is 26.4 Å². The number of rotatable bonds is 5. The molecule has 0 aliphatic carbocycles. The molecule has 2 rings (SSSR count). The summed E-state index contributed by atoms with van der Waals surface area (Å²) in [6.07, 6.45) is 0.405. The zero-order valence-corrected chi connectivity index (χ0v) is 14.9. The lowest BCUT2D eigenvalue weighted by molar-refractivity contribution is -0.139. The first-order valence-corrected chi connectivity index (χ1v) is 9.09. The SMILES string of the molecule is C#Cc1cccc(NC(=O)[C@H](C)NS(=O)(=O)c2ccccc2C(F)(F)F)c1. The van der Waals surface area contributed by atoms with E-state index in [0.717, 1.165) is 12.1 Å². The van der Waals surface area contributed by atoms with E-state index in [1.165, 1.54) is 19.1 Å². The van der Waals surface area contributed by atoms with E-state index in [4.69, 9.17) is 6.42 Å². The summed E-state index contributed by atoms with van der Waals surface area (Å²) in [7, 11) is -4.59. The Morgan fingerprint density at radius 2 is 1.81 bits per heavy atom. The lowest BCUT2D eigenvalue weighted by Gasteiger charge is -2.17. The van der Waals surface area contributed by atoms with Crippen molar-refractivity contribution >= 4 is 21.6 Å². The molecule has 27 heavy (non-hydrogen) atoms. The monoisotopic (exact) mass is 396 g/mol. The van der Waals surface area contributed by atoms with Gasteiger partial charge in [-0.25, -0.2) is 8.42 Å². The van der Waals surface area contributed by atoms with Crippen LogP contribution in [0.1, 0.15) is 18.1 Å². The van der Waals surface area contributed by atoms with E-state index in [1.54, 1.807) is 18.2 Å². The molecule has 0 spiro atoms. The first kappa shape index (κ1) is 20.5. The van der Waals surface area contributed by atoms with Crippen molar-refractivity contribution in [2.24, 2.45) is 0 Å². The van der Waals surface area contributed by atoms with Crippen molar-refractivity contribution in [2.75, 3.05) is 5.32 Å². The van der Waals surface area contributed by atoms with Gasteiger partial charge < -0.3 is 5.32 Å². The Morgan fingerprint density at radius 3 is 2.44 bits per heavy atom. The normalized spacial score (nSPS) is 12.9. The molecule has 9 heteroatoms. The van der Waals surface area contributed by atoms with E-state index in [-0.39, 0.29) is 0 Å². The van der Waals surface area contributed by atoms with Gasteiger partial charge in [0.05, 0.1) is 16.5 Å². The molecule has 0 aliphatic heterocycles. The van der Waals surface area contributed by atoms with Crippen LogP contribution >= 0.6 is 0 Å². The van der Waals surface area contributed by atoms with E-state index in [0.29, 0.717) is 17.3 Å². The largest absolute Gasteiger partial charge is 0.417 e. The van der Waals surface area contributed by atoms with E-state index >= 15 is 0 Å². The Kier molecular flexibility index (Phi) is 5.93. The van der Waals surface area contributed by atoms with Gasteiger partial charge in [-0.3, -0.25) is 4.79 Å². The van der Waals surface area contributed by atoms with Crippen molar-refractivity contribution in [3.63, 3.8) is 0 Å². The van der Waals surface area contributed by atoms with Crippen molar-refractivity contribution in [2.45, 2.75) is 24.0 Å². The van der Waals surface area contributed by atoms with Crippen molar-refractivity contribution in [1.29, 1.82) is 0 Å². The topological polar surface area (TPSA) is 75.3 Å². The molecule has 0 radical (unpaired) electrons. The molecular formula is C18H15F3N2O3S. The Morgan fingerprint density at radius 1 is 1.15 bits per heavy atom. The van der Waals surface area contributed by atoms with Crippen LogP contribution in [0.3, 0.4) is 0 Å². The van der Waals surface area contributed by atoms with Crippen LogP contribution < -0.4 is 10.0 Å². The highest BCUT2D eigenvalue weighted by molar-refractivity contribution is 7.89. The number of benzene rings is 2. The number of nitrogens with one attached hydrogen (secondary N) is 2. The van der Waals surface area contributed by atoms with Crippen LogP contribution in [-0.4, -0.2) is 20.4 Å². The smallest absolute Gasteiger partial charge is 0.325 e. The minimum absolute atomic E-state index is 0.331. The first-order chi connectivity index (χ1) is 12.5. The van der Waals surface area contributed by atoms with Gasteiger partial charge in [0.15, 0.2) is 0 Å². The van der Waals surface area contributed by atoms with E-state index < -0.39 is 38.6 Å². The second-order valence-corrected chi connectivity index (χ2v) is 7.23. The average Bonchev–Trinajstić information content (AvgIpc) is 2.60. The summed E-state index contributed by atoms with van der Waals surface area (Å²) in [6.45, 7) is 1.22. The van der Waals surface area contributed by atoms with Crippen molar-refractivity contribution in [1.82, 2.24) is 4.72 Å². The van der Waals surface area contributed by atoms with Gasteiger partial charge in [0.1, 0.15) is 0 Å². The molecule has 0 saturated heterocycles. The second-order valence-electron chi connectivity index (χ2n) is 5.55. The maximum atomic E-state index is 13.0. The predicted octanol–water partition coefficient (Wildman–Crippen LogP) is 2.99. The standard InChI is InChI=1S/C18H15F3N2O3S/c1-3-13-7-6-8-14(11-13)22-17(24)12(2)23-27(25,26)16-10-5-4-9-15(16)18(19,20)21/h1,4-12,23H,2H3,(H,22,24)/t12-/m0/s1. The Hall–Kier alpha value is -2.83. The fourth-order valence-corrected chi connectivity index (χ4v) is 3.65. The van der Waals surface area contributed by atoms with Crippen LogP contribution in [0.4, 0.5) is 18.9 Å². The summed E-state index contributed by atoms with van der Waals surface area (Å²) < 4.78 is 65.8. The third-order valence-electron chi connectivity index (χ3n) is 3.50. The fraction of sp³-hybridized carbons (Fsp3) is 0.167. The third-order valence-corrected chi connectivity index (χ3v) is 5.10. The summed E-state index contributed by atoms with van der Waals surface area (Å²) in [5.41, 5.74) is -0.482. The first-order valence-electron chi connectivity index (χ1n) is 7.60. The molecule has 0 saturated carbocycles. The molecule has 2 aromatic carbocycles. The highest BCUT2D eigenvalue weighted by atomic mass is 32.2. The zero-order chi connectivity index (χ0) is 20.2. The van der Waals surface area contributed by atoms with Crippen LogP contribution in [0.25, 0.3) is 0 Å². The molecular weight excluding hydrogens is 381 g/mol. The summed E-state index contributed by atoms with van der Waals surface area (Å²) in [6, 6.07) is 8.67. The Labute approximate surface area is 154 Å². The summed E-state index contributed by atoms with van der Waals surface area (Å²) >= 11 is 0. The Bertz CT molecular complexity index is 995. The maximum Gasteiger partial charge on any atom is 0.417 e. The van der Waals surface area contributed by atoms with E-state index in [1.807, 2.05) is 4.72 Å². The predicted molar refractivity (Wildman–Crippen MR) is 94.2 cm³/mol. The molecule has 0 bridgehead atoms. The van der Waals surface area contributed by atoms with Gasteiger partial charge in [0.2, 0.25) is 15.9 Å². The number of carbonyl (C=O) groups excluding carboxylic acids is 1. The number of terminal acetylenes is 1. The van der Waals surface area contributed by atoms with Crippen LogP contribution in [0.15, 0.2) is 53.4 Å². The van der Waals surface area contributed by atoms with Gasteiger partial charge in [0.25, 0.3) is 0 Å². The van der Waals surface area contributed by atoms with Crippen molar-refractivity contribution < 1.29 is 26.4 Å². The van der Waals surface area contributed by atoms with Gasteiger partial charge in [0, 0.05) is 11.3 Å². The van der Waals surface area contributed by atoms with Crippen LogP contribution in [0.5, 0.6) is 0 Å². The number of halogens is 3. The number of amides is 1. The summed E-state index contributed by atoms with van der Waals surface area (Å²) in [4.78, 5) is 11.2. The van der Waals surface area contributed by atoms with Crippen molar-refractivity contribution in [3.8, 4) is 12.3 Å². The van der Waals surface area contributed by atoms with Gasteiger partial charge in [-0.2, -0.15) is 17.9 Å². The molecule has 1 atom stereocenters. The number of carbonyl (C=O) groups is 1. The molecule has 0 heterocycles. The molecule has 2 aromatic rings. The minimum atomic E-state index is -4.85. The third kappa shape index (κ3) is 5.09. The average molecular weight is 396 g/mol. The number of anilines is 1. The molecule has 2 N–H and O–H groups in total. The molecule has 5 nitrogen and oxygen atoms in total. The fourth-order valence-electron chi connectivity index (χ4n) is 2.22. The summed E-state index contributed by atoms with van der Waals surface area (Å²) in [5, 5.41) is 2.45. The van der Waals surface area contributed by atoms with Gasteiger partial charge in [-0.15, -0.1) is 6.42 Å². The van der Waals surface area contributed by atoms with Gasteiger partial charge in [-0.05, 0) is 37.3 Å². The number of hydrogen-bond donors (Lipinski definition) is 2. The molecule has 142 valence electrons. The zero-order valence-electron chi connectivity index (χ0n) is 14.0. The van der Waals surface area contributed by atoms with Gasteiger partial charge >= 0.3 is 6.18 Å². The summed E-state index contributed by atoms with van der Waals surface area (Å²) in [5.74, 6) is 1.63. The highest BCUT2D eigenvalue weighted by Gasteiger charge is 2.37. The quantitative estimate of drug-likeness (QED) is 0.763. The molecule has 0 aliphatic rings. The van der Waals surface area contributed by atoms with Gasteiger partial charge in [-0.1, -0.05) is 24.1 Å². The molecule has 0 unspecified atom stereocenters. The van der Waals surface area contributed by atoms with Crippen molar-refractivity contribution in [3.05, 3.63) is 59.7 Å². The molecule has 0 fully saturated rings. The molecule has 0 aromatic heterocycles.